The van der Waals surface area contributed by atoms with E-state index in [0.29, 0.717) is 31.9 Å². The third-order valence-corrected chi connectivity index (χ3v) is 4.42. The van der Waals surface area contributed by atoms with Gasteiger partial charge in [0.2, 0.25) is 0 Å². The number of ether oxygens (including phenoxy) is 1. The van der Waals surface area contributed by atoms with Gasteiger partial charge >= 0.3 is 0 Å². The van der Waals surface area contributed by atoms with E-state index in [2.05, 4.69) is 0 Å². The highest BCUT2D eigenvalue weighted by Crippen LogP contribution is 2.32. The third-order valence-electron chi connectivity index (χ3n) is 3.75. The number of carbonyl (C=O) groups excluding carboxylic acids is 1. The first-order valence-corrected chi connectivity index (χ1v) is 8.56. The zero-order valence-corrected chi connectivity index (χ0v) is 15.5. The predicted molar refractivity (Wildman–Crippen MR) is 103 cm³/mol. The number of benzene rings is 3. The number of methoxy groups -OCH3 is 1. The lowest BCUT2D eigenvalue weighted by molar-refractivity contribution is 0.103. The van der Waals surface area contributed by atoms with Gasteiger partial charge in [-0.1, -0.05) is 40.9 Å². The Hall–Kier alpha value is -2.00. The van der Waals surface area contributed by atoms with Gasteiger partial charge in [-0.2, -0.15) is 0 Å². The number of carbonyl (C=O) groups is 1. The zero-order valence-electron chi connectivity index (χ0n) is 13.2. The maximum Gasteiger partial charge on any atom is 0.193 e. The topological polar surface area (TPSA) is 26.3 Å². The summed E-state index contributed by atoms with van der Waals surface area (Å²) in [4.78, 5) is 13.0. The molecule has 0 aliphatic carbocycles. The van der Waals surface area contributed by atoms with E-state index >= 15 is 0 Å². The molecule has 0 unspecified atom stereocenters. The Balaban J connectivity index is 2.11. The van der Waals surface area contributed by atoms with Gasteiger partial charge in [-0.25, -0.2) is 0 Å². The quantitative estimate of drug-likeness (QED) is 0.471. The Labute approximate surface area is 160 Å². The molecule has 0 N–H and O–H groups in total. The largest absolute Gasteiger partial charge is 0.497 e. The van der Waals surface area contributed by atoms with Crippen LogP contribution in [0.2, 0.25) is 15.1 Å². The molecule has 0 aromatic heterocycles. The molecule has 0 aliphatic heterocycles. The van der Waals surface area contributed by atoms with E-state index in [4.69, 9.17) is 39.5 Å². The monoisotopic (exact) mass is 390 g/mol. The van der Waals surface area contributed by atoms with Crippen LogP contribution in [0.5, 0.6) is 5.75 Å². The molecule has 0 aliphatic rings. The van der Waals surface area contributed by atoms with Gasteiger partial charge in [0.25, 0.3) is 0 Å². The average Bonchev–Trinajstić information content (AvgIpc) is 2.60. The summed E-state index contributed by atoms with van der Waals surface area (Å²) < 4.78 is 5.13. The first kappa shape index (κ1) is 17.8. The molecular formula is C20H13Cl3O2. The number of ketones is 1. The standard InChI is InChI=1S/C20H13Cl3O2/c1-25-17-5-2-12(3-6-17)20(24)19-11-14(21)4-7-18(19)13-8-15(22)10-16(23)9-13/h2-11H,1H3. The van der Waals surface area contributed by atoms with Crippen molar-refractivity contribution in [3.63, 3.8) is 0 Å². The molecule has 0 atom stereocenters. The van der Waals surface area contributed by atoms with Gasteiger partial charge in [0.05, 0.1) is 7.11 Å². The number of hydrogen-bond acceptors (Lipinski definition) is 2. The molecule has 3 rings (SSSR count). The first-order valence-electron chi connectivity index (χ1n) is 7.42. The maximum absolute atomic E-state index is 13.0. The molecule has 5 heteroatoms. The molecule has 0 radical (unpaired) electrons. The molecule has 3 aromatic rings. The van der Waals surface area contributed by atoms with Crippen LogP contribution < -0.4 is 4.74 Å². The van der Waals surface area contributed by atoms with Gasteiger partial charge < -0.3 is 4.74 Å². The number of hydrogen-bond donors (Lipinski definition) is 0. The average molecular weight is 392 g/mol. The van der Waals surface area contributed by atoms with Crippen LogP contribution >= 0.6 is 34.8 Å². The van der Waals surface area contributed by atoms with E-state index in [1.165, 1.54) is 0 Å². The molecule has 0 spiro atoms. The Morgan fingerprint density at radius 2 is 1.44 bits per heavy atom. The predicted octanol–water partition coefficient (Wildman–Crippen LogP) is 6.55. The van der Waals surface area contributed by atoms with E-state index in [9.17, 15) is 4.79 Å². The summed E-state index contributed by atoms with van der Waals surface area (Å²) in [6, 6.07) is 17.3. The fourth-order valence-corrected chi connectivity index (χ4v) is 3.26. The minimum absolute atomic E-state index is 0.142. The smallest absolute Gasteiger partial charge is 0.193 e. The second kappa shape index (κ2) is 7.49. The SMILES string of the molecule is COc1ccc(C(=O)c2cc(Cl)ccc2-c2cc(Cl)cc(Cl)c2)cc1. The normalized spacial score (nSPS) is 10.6. The molecule has 0 fully saturated rings. The van der Waals surface area contributed by atoms with Crippen molar-refractivity contribution >= 4 is 40.6 Å². The van der Waals surface area contributed by atoms with Crippen LogP contribution in [0.1, 0.15) is 15.9 Å². The lowest BCUT2D eigenvalue weighted by Gasteiger charge is -2.11. The van der Waals surface area contributed by atoms with Gasteiger partial charge in [-0.05, 0) is 65.7 Å². The second-order valence-electron chi connectivity index (χ2n) is 5.41. The summed E-state index contributed by atoms with van der Waals surface area (Å²) in [6.07, 6.45) is 0. The van der Waals surface area contributed by atoms with Crippen molar-refractivity contribution in [3.05, 3.63) is 86.9 Å². The Kier molecular flexibility index (Phi) is 5.33. The van der Waals surface area contributed by atoms with Crippen LogP contribution in [0.3, 0.4) is 0 Å². The van der Waals surface area contributed by atoms with E-state index in [1.54, 1.807) is 67.8 Å². The van der Waals surface area contributed by atoms with Crippen LogP contribution in [0, 0.1) is 0 Å². The highest BCUT2D eigenvalue weighted by molar-refractivity contribution is 6.35. The molecule has 0 heterocycles. The van der Waals surface area contributed by atoms with Gasteiger partial charge in [0, 0.05) is 26.2 Å². The summed E-state index contributed by atoms with van der Waals surface area (Å²) >= 11 is 18.3. The zero-order chi connectivity index (χ0) is 18.0. The second-order valence-corrected chi connectivity index (χ2v) is 6.71. The molecule has 0 saturated carbocycles. The molecule has 3 aromatic carbocycles. The molecule has 25 heavy (non-hydrogen) atoms. The van der Waals surface area contributed by atoms with Crippen LogP contribution in [0.15, 0.2) is 60.7 Å². The molecule has 0 saturated heterocycles. The van der Waals surface area contributed by atoms with E-state index in [0.717, 1.165) is 11.1 Å². The van der Waals surface area contributed by atoms with Gasteiger partial charge in [-0.3, -0.25) is 4.79 Å². The summed E-state index contributed by atoms with van der Waals surface area (Å²) in [7, 11) is 1.58. The van der Waals surface area contributed by atoms with E-state index in [1.807, 2.05) is 0 Å². The minimum Gasteiger partial charge on any atom is -0.497 e. The molecule has 2 nitrogen and oxygen atoms in total. The highest BCUT2D eigenvalue weighted by Gasteiger charge is 2.16. The van der Waals surface area contributed by atoms with Crippen molar-refractivity contribution in [1.82, 2.24) is 0 Å². The van der Waals surface area contributed by atoms with E-state index < -0.39 is 0 Å². The minimum atomic E-state index is -0.142. The van der Waals surface area contributed by atoms with Crippen LogP contribution in [0.25, 0.3) is 11.1 Å². The van der Waals surface area contributed by atoms with Crippen LogP contribution in [-0.2, 0) is 0 Å². The third kappa shape index (κ3) is 3.98. The van der Waals surface area contributed by atoms with E-state index in [-0.39, 0.29) is 5.78 Å². The summed E-state index contributed by atoms with van der Waals surface area (Å²) in [5, 5.41) is 1.48. The summed E-state index contributed by atoms with van der Waals surface area (Å²) in [6.45, 7) is 0. The molecular weight excluding hydrogens is 379 g/mol. The number of rotatable bonds is 4. The highest BCUT2D eigenvalue weighted by atomic mass is 35.5. The van der Waals surface area contributed by atoms with Gasteiger partial charge in [0.15, 0.2) is 5.78 Å². The Morgan fingerprint density at radius 3 is 2.04 bits per heavy atom. The van der Waals surface area contributed by atoms with Gasteiger partial charge in [0.1, 0.15) is 5.75 Å². The van der Waals surface area contributed by atoms with Crippen molar-refractivity contribution < 1.29 is 9.53 Å². The Bertz CT molecular complexity index is 914. The molecule has 0 amide bonds. The van der Waals surface area contributed by atoms with Crippen molar-refractivity contribution in [1.29, 1.82) is 0 Å². The van der Waals surface area contributed by atoms with Gasteiger partial charge in [-0.15, -0.1) is 0 Å². The summed E-state index contributed by atoms with van der Waals surface area (Å²) in [5.41, 5.74) is 2.49. The van der Waals surface area contributed by atoms with Crippen molar-refractivity contribution in [2.45, 2.75) is 0 Å². The Morgan fingerprint density at radius 1 is 0.800 bits per heavy atom. The lowest BCUT2D eigenvalue weighted by Crippen LogP contribution is -2.04. The molecule has 126 valence electrons. The van der Waals surface area contributed by atoms with Crippen molar-refractivity contribution in [3.8, 4) is 16.9 Å². The fourth-order valence-electron chi connectivity index (χ4n) is 2.56. The van der Waals surface area contributed by atoms with Crippen LogP contribution in [0.4, 0.5) is 0 Å². The first-order chi connectivity index (χ1) is 12.0. The van der Waals surface area contributed by atoms with Crippen molar-refractivity contribution in [2.24, 2.45) is 0 Å². The molecule has 0 bridgehead atoms. The van der Waals surface area contributed by atoms with Crippen molar-refractivity contribution in [2.75, 3.05) is 7.11 Å². The lowest BCUT2D eigenvalue weighted by atomic mass is 9.94. The van der Waals surface area contributed by atoms with Crippen LogP contribution in [-0.4, -0.2) is 12.9 Å². The summed E-state index contributed by atoms with van der Waals surface area (Å²) in [5.74, 6) is 0.542. The maximum atomic E-state index is 13.0. The fraction of sp³-hybridized carbons (Fsp3) is 0.0500. The number of halogens is 3.